The van der Waals surface area contributed by atoms with Gasteiger partial charge in [-0.25, -0.2) is 4.79 Å². The second-order valence-corrected chi connectivity index (χ2v) is 4.78. The van der Waals surface area contributed by atoms with Crippen LogP contribution in [0.25, 0.3) is 0 Å². The highest BCUT2D eigenvalue weighted by molar-refractivity contribution is 5.74. The minimum absolute atomic E-state index is 0.0224. The smallest absolute Gasteiger partial charge is 0.317 e. The van der Waals surface area contributed by atoms with Gasteiger partial charge >= 0.3 is 6.03 Å². The highest BCUT2D eigenvalue weighted by Crippen LogP contribution is 2.31. The highest BCUT2D eigenvalue weighted by atomic mass is 16.2. The average Bonchev–Trinajstić information content (AvgIpc) is 2.35. The van der Waals surface area contributed by atoms with Crippen LogP contribution in [0.15, 0.2) is 0 Å². The molecule has 0 aromatic rings. The van der Waals surface area contributed by atoms with Gasteiger partial charge < -0.3 is 16.0 Å². The van der Waals surface area contributed by atoms with Crippen LogP contribution in [0.2, 0.25) is 0 Å². The lowest BCUT2D eigenvalue weighted by molar-refractivity contribution is 0.104. The minimum Gasteiger partial charge on any atom is -0.338 e. The fraction of sp³-hybridized carbons (Fsp3) is 0.917. The number of hydrogen-bond donors (Lipinski definition) is 2. The molecule has 1 saturated carbocycles. The van der Waals surface area contributed by atoms with Crippen LogP contribution < -0.4 is 11.1 Å². The van der Waals surface area contributed by atoms with Crippen LogP contribution in [-0.4, -0.2) is 36.6 Å². The largest absolute Gasteiger partial charge is 0.338 e. The van der Waals surface area contributed by atoms with Crippen LogP contribution in [0.3, 0.4) is 0 Å². The van der Waals surface area contributed by atoms with Crippen molar-refractivity contribution in [2.24, 2.45) is 5.73 Å². The van der Waals surface area contributed by atoms with Gasteiger partial charge in [-0.05, 0) is 19.3 Å². The molecular weight excluding hydrogens is 202 g/mol. The summed E-state index contributed by atoms with van der Waals surface area (Å²) in [6.45, 7) is 3.37. The Labute approximate surface area is 98.6 Å². The van der Waals surface area contributed by atoms with Gasteiger partial charge in [-0.3, -0.25) is 0 Å². The average molecular weight is 227 g/mol. The minimum atomic E-state index is -0.101. The quantitative estimate of drug-likeness (QED) is 0.768. The summed E-state index contributed by atoms with van der Waals surface area (Å²) in [6, 6.07) is 0.0224. The predicted molar refractivity (Wildman–Crippen MR) is 66.3 cm³/mol. The van der Waals surface area contributed by atoms with E-state index in [2.05, 4.69) is 12.2 Å². The topological polar surface area (TPSA) is 58.4 Å². The maximum atomic E-state index is 11.9. The molecule has 0 heterocycles. The van der Waals surface area contributed by atoms with Gasteiger partial charge in [-0.2, -0.15) is 0 Å². The van der Waals surface area contributed by atoms with Gasteiger partial charge in [0.15, 0.2) is 0 Å². The van der Waals surface area contributed by atoms with Gasteiger partial charge in [0, 0.05) is 20.1 Å². The Morgan fingerprint density at radius 1 is 1.38 bits per heavy atom. The Hall–Kier alpha value is -0.770. The van der Waals surface area contributed by atoms with Crippen LogP contribution in [0.4, 0.5) is 4.79 Å². The summed E-state index contributed by atoms with van der Waals surface area (Å²) in [4.78, 5) is 13.8. The molecule has 4 heteroatoms. The van der Waals surface area contributed by atoms with Gasteiger partial charge in [-0.15, -0.1) is 0 Å². The Morgan fingerprint density at radius 3 is 2.50 bits per heavy atom. The van der Waals surface area contributed by atoms with Crippen LogP contribution in [0.1, 0.15) is 45.4 Å². The molecule has 16 heavy (non-hydrogen) atoms. The number of nitrogens with one attached hydrogen (secondary N) is 1. The lowest BCUT2D eigenvalue weighted by Gasteiger charge is -2.43. The van der Waals surface area contributed by atoms with Gasteiger partial charge in [0.2, 0.25) is 0 Å². The number of nitrogens with two attached hydrogens (primary N) is 1. The van der Waals surface area contributed by atoms with E-state index in [1.807, 2.05) is 11.9 Å². The second-order valence-electron chi connectivity index (χ2n) is 4.78. The molecule has 0 saturated heterocycles. The number of rotatable bonds is 4. The molecule has 1 fully saturated rings. The summed E-state index contributed by atoms with van der Waals surface area (Å²) in [7, 11) is 1.88. The molecule has 1 rings (SSSR count). The summed E-state index contributed by atoms with van der Waals surface area (Å²) in [5.41, 5.74) is 5.78. The third-order valence-corrected chi connectivity index (χ3v) is 3.71. The summed E-state index contributed by atoms with van der Waals surface area (Å²) in [6.07, 6.45) is 6.69. The number of nitrogens with zero attached hydrogens (tertiary/aromatic N) is 1. The molecule has 4 nitrogen and oxygen atoms in total. The normalized spacial score (nSPS) is 19.2. The van der Waals surface area contributed by atoms with E-state index < -0.39 is 0 Å². The van der Waals surface area contributed by atoms with E-state index >= 15 is 0 Å². The van der Waals surface area contributed by atoms with Gasteiger partial charge in [0.05, 0.1) is 5.54 Å². The first-order chi connectivity index (χ1) is 7.66. The predicted octanol–water partition coefficient (Wildman–Crippen LogP) is 1.70. The molecule has 0 spiro atoms. The molecular formula is C12H25N3O. The third kappa shape index (κ3) is 2.88. The first kappa shape index (κ1) is 13.3. The zero-order chi connectivity index (χ0) is 12.0. The number of likely N-dealkylation sites (N-methyl/N-ethyl adjacent to an activating group) is 1. The van der Waals surface area contributed by atoms with E-state index in [1.165, 1.54) is 19.3 Å². The molecule has 1 aliphatic rings. The van der Waals surface area contributed by atoms with Crippen LogP contribution >= 0.6 is 0 Å². The summed E-state index contributed by atoms with van der Waals surface area (Å²) in [5.74, 6) is 0. The van der Waals surface area contributed by atoms with Crippen molar-refractivity contribution in [2.45, 2.75) is 51.0 Å². The monoisotopic (exact) mass is 227 g/mol. The van der Waals surface area contributed by atoms with Crippen LogP contribution in [-0.2, 0) is 0 Å². The number of carbonyl (C=O) groups excluding carboxylic acids is 1. The Kier molecular flexibility index (Phi) is 5.06. The summed E-state index contributed by atoms with van der Waals surface area (Å²) < 4.78 is 0. The third-order valence-electron chi connectivity index (χ3n) is 3.71. The van der Waals surface area contributed by atoms with Crippen molar-refractivity contribution in [3.63, 3.8) is 0 Å². The van der Waals surface area contributed by atoms with Crippen molar-refractivity contribution in [1.82, 2.24) is 10.2 Å². The lowest BCUT2D eigenvalue weighted by Crippen LogP contribution is -2.58. The van der Waals surface area contributed by atoms with Crippen molar-refractivity contribution >= 4 is 6.03 Å². The van der Waals surface area contributed by atoms with Crippen LogP contribution in [0, 0.1) is 0 Å². The van der Waals surface area contributed by atoms with Gasteiger partial charge in [0.1, 0.15) is 0 Å². The zero-order valence-electron chi connectivity index (χ0n) is 10.6. The number of carbonyl (C=O) groups is 1. The fourth-order valence-corrected chi connectivity index (χ4v) is 2.45. The molecule has 1 aliphatic carbocycles. The van der Waals surface area contributed by atoms with E-state index in [4.69, 9.17) is 5.73 Å². The van der Waals surface area contributed by atoms with Crippen molar-refractivity contribution in [2.75, 3.05) is 20.1 Å². The van der Waals surface area contributed by atoms with Crippen LogP contribution in [0.5, 0.6) is 0 Å². The van der Waals surface area contributed by atoms with Crippen molar-refractivity contribution in [1.29, 1.82) is 0 Å². The second kappa shape index (κ2) is 6.09. The molecule has 0 atom stereocenters. The molecule has 0 bridgehead atoms. The maximum absolute atomic E-state index is 11.9. The van der Waals surface area contributed by atoms with E-state index in [0.717, 1.165) is 25.8 Å². The Morgan fingerprint density at radius 2 is 2.00 bits per heavy atom. The first-order valence-electron chi connectivity index (χ1n) is 6.38. The summed E-state index contributed by atoms with van der Waals surface area (Å²) >= 11 is 0. The zero-order valence-corrected chi connectivity index (χ0v) is 10.6. The molecule has 3 N–H and O–H groups in total. The molecule has 0 aliphatic heterocycles. The lowest BCUT2D eigenvalue weighted by atomic mass is 9.80. The van der Waals surface area contributed by atoms with Gasteiger partial charge in [0.25, 0.3) is 0 Å². The van der Waals surface area contributed by atoms with E-state index in [0.29, 0.717) is 6.54 Å². The van der Waals surface area contributed by atoms with E-state index in [9.17, 15) is 4.79 Å². The number of hydrogen-bond acceptors (Lipinski definition) is 2. The molecule has 2 amide bonds. The van der Waals surface area contributed by atoms with E-state index in [1.54, 1.807) is 0 Å². The highest BCUT2D eigenvalue weighted by Gasteiger charge is 2.37. The Bertz CT molecular complexity index is 224. The molecule has 0 aromatic carbocycles. The first-order valence-corrected chi connectivity index (χ1v) is 6.38. The number of amides is 2. The van der Waals surface area contributed by atoms with E-state index in [-0.39, 0.29) is 11.6 Å². The van der Waals surface area contributed by atoms with Crippen molar-refractivity contribution in [3.8, 4) is 0 Å². The summed E-state index contributed by atoms with van der Waals surface area (Å²) in [5, 5.41) is 2.92. The standard InChI is InChI=1S/C12H25N3O/c1-3-9-14-11(16)15(2)12(10-13)7-5-4-6-8-12/h3-10,13H2,1-2H3,(H,14,16). The molecule has 0 radical (unpaired) electrons. The SMILES string of the molecule is CCCNC(=O)N(C)C1(CN)CCCCC1. The molecule has 94 valence electrons. The molecule has 0 unspecified atom stereocenters. The molecule has 0 aromatic heterocycles. The van der Waals surface area contributed by atoms with Crippen molar-refractivity contribution in [3.05, 3.63) is 0 Å². The Balaban J connectivity index is 2.60. The number of urea groups is 1. The van der Waals surface area contributed by atoms with Crippen molar-refractivity contribution < 1.29 is 4.79 Å². The van der Waals surface area contributed by atoms with Gasteiger partial charge in [-0.1, -0.05) is 26.2 Å². The fourth-order valence-electron chi connectivity index (χ4n) is 2.45. The maximum Gasteiger partial charge on any atom is 0.317 e.